The van der Waals surface area contributed by atoms with E-state index in [0.717, 1.165) is 5.56 Å². The van der Waals surface area contributed by atoms with Gasteiger partial charge in [0.15, 0.2) is 11.6 Å². The van der Waals surface area contributed by atoms with Crippen LogP contribution in [-0.4, -0.2) is 18.1 Å². The molecule has 0 bridgehead atoms. The molecule has 1 aromatic heterocycles. The van der Waals surface area contributed by atoms with Crippen LogP contribution in [0.25, 0.3) is 0 Å². The highest BCUT2D eigenvalue weighted by atomic mass is 35.5. The predicted molar refractivity (Wildman–Crippen MR) is 109 cm³/mol. The van der Waals surface area contributed by atoms with Crippen molar-refractivity contribution in [2.45, 2.75) is 13.5 Å². The van der Waals surface area contributed by atoms with Gasteiger partial charge >= 0.3 is 6.03 Å². The SMILES string of the molecule is COc1cc(Cl)c(C)cc1NC(=O)NCc1ccc(Oc2ccncc2)c(F)c1. The van der Waals surface area contributed by atoms with Crippen LogP contribution in [0.3, 0.4) is 0 Å². The Balaban J connectivity index is 1.61. The van der Waals surface area contributed by atoms with E-state index < -0.39 is 11.8 Å². The number of hydrogen-bond acceptors (Lipinski definition) is 4. The van der Waals surface area contributed by atoms with E-state index in [9.17, 15) is 9.18 Å². The average Bonchev–Trinajstić information content (AvgIpc) is 2.71. The number of nitrogens with one attached hydrogen (secondary N) is 2. The maximum atomic E-state index is 14.3. The zero-order valence-electron chi connectivity index (χ0n) is 15.8. The van der Waals surface area contributed by atoms with Crippen molar-refractivity contribution in [3.05, 3.63) is 76.8 Å². The van der Waals surface area contributed by atoms with E-state index in [1.54, 1.807) is 42.7 Å². The van der Waals surface area contributed by atoms with Crippen LogP contribution in [0.1, 0.15) is 11.1 Å². The molecule has 6 nitrogen and oxygen atoms in total. The molecule has 3 aromatic rings. The Bertz CT molecular complexity index is 1020. The summed E-state index contributed by atoms with van der Waals surface area (Å²) in [5, 5.41) is 5.91. The van der Waals surface area contributed by atoms with Crippen molar-refractivity contribution < 1.29 is 18.7 Å². The molecule has 0 aliphatic rings. The van der Waals surface area contributed by atoms with Gasteiger partial charge in [-0.2, -0.15) is 0 Å². The molecule has 2 aromatic carbocycles. The highest BCUT2D eigenvalue weighted by molar-refractivity contribution is 6.31. The number of anilines is 1. The first kappa shape index (κ1) is 20.4. The molecule has 0 unspecified atom stereocenters. The van der Waals surface area contributed by atoms with Gasteiger partial charge < -0.3 is 20.1 Å². The standard InChI is InChI=1S/C21H19ClFN3O3/c1-13-9-18(20(28-2)11-16(13)22)26-21(27)25-12-14-3-4-19(17(23)10-14)29-15-5-7-24-8-6-15/h3-11H,12H2,1-2H3,(H2,25,26,27). The molecule has 2 N–H and O–H groups in total. The molecule has 150 valence electrons. The number of hydrogen-bond donors (Lipinski definition) is 2. The lowest BCUT2D eigenvalue weighted by molar-refractivity contribution is 0.251. The molecule has 3 rings (SSSR count). The monoisotopic (exact) mass is 415 g/mol. The summed E-state index contributed by atoms with van der Waals surface area (Å²) in [4.78, 5) is 16.1. The molecule has 0 aliphatic carbocycles. The lowest BCUT2D eigenvalue weighted by Crippen LogP contribution is -2.28. The second kappa shape index (κ2) is 9.25. The minimum absolute atomic E-state index is 0.0887. The van der Waals surface area contributed by atoms with Crippen LogP contribution < -0.4 is 20.1 Å². The first-order valence-electron chi connectivity index (χ1n) is 8.71. The highest BCUT2D eigenvalue weighted by Crippen LogP contribution is 2.31. The Labute approximate surface area is 172 Å². The summed E-state index contributed by atoms with van der Waals surface area (Å²) in [7, 11) is 1.49. The molecule has 1 heterocycles. The summed E-state index contributed by atoms with van der Waals surface area (Å²) in [5.74, 6) is 0.484. The van der Waals surface area contributed by atoms with Crippen molar-refractivity contribution in [3.8, 4) is 17.2 Å². The van der Waals surface area contributed by atoms with Gasteiger partial charge in [0.2, 0.25) is 0 Å². The third-order valence-corrected chi connectivity index (χ3v) is 4.46. The number of benzene rings is 2. The van der Waals surface area contributed by atoms with E-state index in [0.29, 0.717) is 27.8 Å². The Kier molecular flexibility index (Phi) is 6.51. The predicted octanol–water partition coefficient (Wildman–Crippen LogP) is 5.31. The van der Waals surface area contributed by atoms with Gasteiger partial charge in [-0.15, -0.1) is 0 Å². The molecule has 29 heavy (non-hydrogen) atoms. The minimum Gasteiger partial charge on any atom is -0.495 e. The van der Waals surface area contributed by atoms with Crippen LogP contribution in [0.15, 0.2) is 54.9 Å². The van der Waals surface area contributed by atoms with E-state index in [1.807, 2.05) is 6.92 Å². The zero-order valence-corrected chi connectivity index (χ0v) is 16.6. The summed E-state index contributed by atoms with van der Waals surface area (Å²) < 4.78 is 25.0. The summed E-state index contributed by atoms with van der Waals surface area (Å²) in [5.41, 5.74) is 1.87. The van der Waals surface area contributed by atoms with Crippen molar-refractivity contribution in [3.63, 3.8) is 0 Å². The largest absolute Gasteiger partial charge is 0.495 e. The first-order chi connectivity index (χ1) is 14.0. The number of rotatable bonds is 6. The van der Waals surface area contributed by atoms with Crippen LogP contribution in [0.5, 0.6) is 17.2 Å². The van der Waals surface area contributed by atoms with Gasteiger partial charge in [-0.25, -0.2) is 9.18 Å². The van der Waals surface area contributed by atoms with Gasteiger partial charge in [0.25, 0.3) is 0 Å². The molecule has 0 saturated heterocycles. The van der Waals surface area contributed by atoms with Crippen molar-refractivity contribution in [2.24, 2.45) is 0 Å². The van der Waals surface area contributed by atoms with Crippen LogP contribution in [0.4, 0.5) is 14.9 Å². The molecule has 2 amide bonds. The number of pyridine rings is 1. The van der Waals surface area contributed by atoms with Crippen molar-refractivity contribution in [2.75, 3.05) is 12.4 Å². The fraction of sp³-hybridized carbons (Fsp3) is 0.143. The van der Waals surface area contributed by atoms with Gasteiger partial charge in [-0.3, -0.25) is 4.98 Å². The number of aromatic nitrogens is 1. The third-order valence-electron chi connectivity index (χ3n) is 4.06. The van der Waals surface area contributed by atoms with E-state index in [-0.39, 0.29) is 12.3 Å². The molecule has 0 radical (unpaired) electrons. The second-order valence-corrected chi connectivity index (χ2v) is 6.57. The normalized spacial score (nSPS) is 10.3. The van der Waals surface area contributed by atoms with Crippen molar-refractivity contribution in [1.82, 2.24) is 10.3 Å². The maximum absolute atomic E-state index is 14.3. The number of ether oxygens (including phenoxy) is 2. The van der Waals surface area contributed by atoms with E-state index >= 15 is 0 Å². The highest BCUT2D eigenvalue weighted by Gasteiger charge is 2.11. The Hall–Kier alpha value is -3.32. The lowest BCUT2D eigenvalue weighted by Gasteiger charge is -2.13. The number of carbonyl (C=O) groups is 1. The third kappa shape index (κ3) is 5.36. The Morgan fingerprint density at radius 3 is 2.59 bits per heavy atom. The topological polar surface area (TPSA) is 72.5 Å². The Morgan fingerprint density at radius 1 is 1.14 bits per heavy atom. The number of nitrogens with zero attached hydrogens (tertiary/aromatic N) is 1. The molecule has 0 aliphatic heterocycles. The summed E-state index contributed by atoms with van der Waals surface area (Å²) in [6.45, 7) is 1.95. The molecule has 0 fully saturated rings. The van der Waals surface area contributed by atoms with Crippen LogP contribution in [0.2, 0.25) is 5.02 Å². The molecule has 0 saturated carbocycles. The number of carbonyl (C=O) groups excluding carboxylic acids is 1. The van der Waals surface area contributed by atoms with Crippen LogP contribution in [0, 0.1) is 12.7 Å². The number of urea groups is 1. The van der Waals surface area contributed by atoms with Gasteiger partial charge in [0.1, 0.15) is 11.5 Å². The lowest BCUT2D eigenvalue weighted by atomic mass is 10.2. The van der Waals surface area contributed by atoms with Gasteiger partial charge in [0, 0.05) is 30.0 Å². The minimum atomic E-state index is -0.531. The van der Waals surface area contributed by atoms with Crippen LogP contribution >= 0.6 is 11.6 Å². The number of aryl methyl sites for hydroxylation is 1. The van der Waals surface area contributed by atoms with Crippen molar-refractivity contribution >= 4 is 23.3 Å². The van der Waals surface area contributed by atoms with E-state index in [2.05, 4.69) is 15.6 Å². The quantitative estimate of drug-likeness (QED) is 0.572. The van der Waals surface area contributed by atoms with Gasteiger partial charge in [0.05, 0.1) is 12.8 Å². The smallest absolute Gasteiger partial charge is 0.319 e. The zero-order chi connectivity index (χ0) is 20.8. The van der Waals surface area contributed by atoms with E-state index in [1.165, 1.54) is 19.2 Å². The van der Waals surface area contributed by atoms with Gasteiger partial charge in [-0.1, -0.05) is 17.7 Å². The van der Waals surface area contributed by atoms with Crippen molar-refractivity contribution in [1.29, 1.82) is 0 Å². The second-order valence-electron chi connectivity index (χ2n) is 6.16. The van der Waals surface area contributed by atoms with Crippen LogP contribution in [-0.2, 0) is 6.54 Å². The molecule has 0 atom stereocenters. The van der Waals surface area contributed by atoms with Gasteiger partial charge in [-0.05, 0) is 48.4 Å². The van der Waals surface area contributed by atoms with E-state index in [4.69, 9.17) is 21.1 Å². The molecule has 8 heteroatoms. The molecular formula is C21H19ClFN3O3. The average molecular weight is 416 g/mol. The fourth-order valence-electron chi connectivity index (χ4n) is 2.55. The Morgan fingerprint density at radius 2 is 1.90 bits per heavy atom. The molecule has 0 spiro atoms. The number of halogens is 2. The maximum Gasteiger partial charge on any atom is 0.319 e. The summed E-state index contributed by atoms with van der Waals surface area (Å²) in [6.07, 6.45) is 3.11. The fourth-order valence-corrected chi connectivity index (χ4v) is 2.70. The number of methoxy groups -OCH3 is 1. The molecular weight excluding hydrogens is 397 g/mol. The first-order valence-corrected chi connectivity index (χ1v) is 9.09. The summed E-state index contributed by atoms with van der Waals surface area (Å²) >= 11 is 6.06. The summed E-state index contributed by atoms with van der Waals surface area (Å²) in [6, 6.07) is 10.6. The number of amides is 2.